The van der Waals surface area contributed by atoms with E-state index in [2.05, 4.69) is 20.4 Å². The van der Waals surface area contributed by atoms with Crippen LogP contribution in [0.1, 0.15) is 29.9 Å². The zero-order valence-electron chi connectivity index (χ0n) is 12.5. The standard InChI is InChI=1S/C14H24N4O2/c1-10-13(11(2)20-17-10)4-7-16-14(15-3)18-8-5-12(19)6-9-18/h12,19H,4-9H2,1-3H3,(H,15,16). The van der Waals surface area contributed by atoms with E-state index >= 15 is 0 Å². The number of guanidine groups is 1. The summed E-state index contributed by atoms with van der Waals surface area (Å²) in [6, 6.07) is 0. The normalized spacial score (nSPS) is 17.6. The maximum Gasteiger partial charge on any atom is 0.193 e. The molecule has 2 N–H and O–H groups in total. The first-order chi connectivity index (χ1) is 9.61. The molecule has 0 saturated carbocycles. The second-order valence-corrected chi connectivity index (χ2v) is 5.24. The molecule has 20 heavy (non-hydrogen) atoms. The Morgan fingerprint density at radius 1 is 1.45 bits per heavy atom. The summed E-state index contributed by atoms with van der Waals surface area (Å²) >= 11 is 0. The average Bonchev–Trinajstić information content (AvgIpc) is 2.76. The van der Waals surface area contributed by atoms with Crippen molar-refractivity contribution in [2.24, 2.45) is 4.99 Å². The Bertz CT molecular complexity index is 442. The summed E-state index contributed by atoms with van der Waals surface area (Å²) in [5.41, 5.74) is 2.13. The van der Waals surface area contributed by atoms with Crippen LogP contribution in [-0.2, 0) is 6.42 Å². The molecule has 0 bridgehead atoms. The Hall–Kier alpha value is -1.56. The summed E-state index contributed by atoms with van der Waals surface area (Å²) in [5, 5.41) is 16.9. The molecule has 112 valence electrons. The van der Waals surface area contributed by atoms with Gasteiger partial charge in [-0.05, 0) is 33.1 Å². The topological polar surface area (TPSA) is 73.9 Å². The van der Waals surface area contributed by atoms with Crippen LogP contribution in [0.2, 0.25) is 0 Å². The van der Waals surface area contributed by atoms with Gasteiger partial charge in [-0.15, -0.1) is 0 Å². The second kappa shape index (κ2) is 6.74. The van der Waals surface area contributed by atoms with Gasteiger partial charge in [-0.1, -0.05) is 5.16 Å². The van der Waals surface area contributed by atoms with Crippen molar-refractivity contribution >= 4 is 5.96 Å². The van der Waals surface area contributed by atoms with Gasteiger partial charge in [0.15, 0.2) is 5.96 Å². The van der Waals surface area contributed by atoms with Crippen LogP contribution in [0, 0.1) is 13.8 Å². The maximum atomic E-state index is 9.54. The zero-order valence-corrected chi connectivity index (χ0v) is 12.5. The molecule has 1 aromatic heterocycles. The molecular weight excluding hydrogens is 256 g/mol. The van der Waals surface area contributed by atoms with Crippen LogP contribution in [0.25, 0.3) is 0 Å². The Morgan fingerprint density at radius 2 is 2.15 bits per heavy atom. The van der Waals surface area contributed by atoms with Gasteiger partial charge in [0.1, 0.15) is 5.76 Å². The minimum Gasteiger partial charge on any atom is -0.393 e. The van der Waals surface area contributed by atoms with Crippen LogP contribution in [0.15, 0.2) is 9.52 Å². The summed E-state index contributed by atoms with van der Waals surface area (Å²) in [6.07, 6.45) is 2.33. The molecule has 0 aliphatic carbocycles. The second-order valence-electron chi connectivity index (χ2n) is 5.24. The van der Waals surface area contributed by atoms with Crippen LogP contribution >= 0.6 is 0 Å². The number of aliphatic hydroxyl groups excluding tert-OH is 1. The number of hydrogen-bond donors (Lipinski definition) is 2. The molecule has 0 amide bonds. The molecular formula is C14H24N4O2. The number of aryl methyl sites for hydroxylation is 2. The van der Waals surface area contributed by atoms with Crippen LogP contribution in [0.4, 0.5) is 0 Å². The zero-order chi connectivity index (χ0) is 14.5. The van der Waals surface area contributed by atoms with Crippen molar-refractivity contribution in [3.05, 3.63) is 17.0 Å². The van der Waals surface area contributed by atoms with E-state index in [4.69, 9.17) is 4.52 Å². The molecule has 1 aromatic rings. The monoisotopic (exact) mass is 280 g/mol. The first-order valence-electron chi connectivity index (χ1n) is 7.17. The lowest BCUT2D eigenvalue weighted by Gasteiger charge is -2.32. The van der Waals surface area contributed by atoms with E-state index in [0.717, 1.165) is 56.3 Å². The van der Waals surface area contributed by atoms with Crippen LogP contribution in [0.3, 0.4) is 0 Å². The number of nitrogens with zero attached hydrogens (tertiary/aromatic N) is 3. The van der Waals surface area contributed by atoms with E-state index in [9.17, 15) is 5.11 Å². The Labute approximate surface area is 119 Å². The van der Waals surface area contributed by atoms with Gasteiger partial charge in [-0.25, -0.2) is 0 Å². The lowest BCUT2D eigenvalue weighted by molar-refractivity contribution is 0.108. The molecule has 6 nitrogen and oxygen atoms in total. The number of aliphatic imine (C=N–C) groups is 1. The lowest BCUT2D eigenvalue weighted by Crippen LogP contribution is -2.47. The van der Waals surface area contributed by atoms with E-state index in [1.807, 2.05) is 13.8 Å². The number of aliphatic hydroxyl groups is 1. The molecule has 6 heteroatoms. The van der Waals surface area contributed by atoms with Crippen molar-refractivity contribution in [2.45, 2.75) is 39.2 Å². The third-order valence-electron chi connectivity index (χ3n) is 3.82. The Kier molecular flexibility index (Phi) is 5.00. The molecule has 1 aliphatic heterocycles. The van der Waals surface area contributed by atoms with Crippen LogP contribution in [-0.4, -0.2) is 53.9 Å². The van der Waals surface area contributed by atoms with Crippen molar-refractivity contribution in [1.29, 1.82) is 0 Å². The minimum atomic E-state index is -0.160. The van der Waals surface area contributed by atoms with Crippen molar-refractivity contribution in [3.63, 3.8) is 0 Å². The molecule has 0 aromatic carbocycles. The first-order valence-corrected chi connectivity index (χ1v) is 7.17. The maximum absolute atomic E-state index is 9.54. The van der Waals surface area contributed by atoms with Crippen molar-refractivity contribution in [1.82, 2.24) is 15.4 Å². The summed E-state index contributed by atoms with van der Waals surface area (Å²) in [6.45, 7) is 6.41. The van der Waals surface area contributed by atoms with E-state index in [1.165, 1.54) is 5.56 Å². The molecule has 1 saturated heterocycles. The summed E-state index contributed by atoms with van der Waals surface area (Å²) < 4.78 is 5.16. The molecule has 0 radical (unpaired) electrons. The van der Waals surface area contributed by atoms with E-state index in [1.54, 1.807) is 7.05 Å². The van der Waals surface area contributed by atoms with E-state index in [0.29, 0.717) is 0 Å². The Morgan fingerprint density at radius 3 is 2.70 bits per heavy atom. The van der Waals surface area contributed by atoms with Crippen LogP contribution < -0.4 is 5.32 Å². The van der Waals surface area contributed by atoms with Crippen molar-refractivity contribution < 1.29 is 9.63 Å². The minimum absolute atomic E-state index is 0.160. The highest BCUT2D eigenvalue weighted by Crippen LogP contribution is 2.13. The number of hydrogen-bond acceptors (Lipinski definition) is 4. The fourth-order valence-corrected chi connectivity index (χ4v) is 2.57. The highest BCUT2D eigenvalue weighted by Gasteiger charge is 2.19. The van der Waals surface area contributed by atoms with E-state index in [-0.39, 0.29) is 6.10 Å². The molecule has 0 atom stereocenters. The van der Waals surface area contributed by atoms with Crippen molar-refractivity contribution in [2.75, 3.05) is 26.7 Å². The quantitative estimate of drug-likeness (QED) is 0.635. The third kappa shape index (κ3) is 3.50. The molecule has 2 heterocycles. The molecule has 2 rings (SSSR count). The average molecular weight is 280 g/mol. The highest BCUT2D eigenvalue weighted by molar-refractivity contribution is 5.79. The number of rotatable bonds is 3. The third-order valence-corrected chi connectivity index (χ3v) is 3.82. The largest absolute Gasteiger partial charge is 0.393 e. The van der Waals surface area contributed by atoms with Crippen LogP contribution in [0.5, 0.6) is 0 Å². The van der Waals surface area contributed by atoms with E-state index < -0.39 is 0 Å². The molecule has 1 aliphatic rings. The highest BCUT2D eigenvalue weighted by atomic mass is 16.5. The predicted octanol–water partition coefficient (Wildman–Crippen LogP) is 0.866. The smallest absolute Gasteiger partial charge is 0.193 e. The van der Waals surface area contributed by atoms with Gasteiger partial charge < -0.3 is 19.8 Å². The number of likely N-dealkylation sites (tertiary alicyclic amines) is 1. The van der Waals surface area contributed by atoms with Gasteiger partial charge >= 0.3 is 0 Å². The first kappa shape index (κ1) is 14.8. The SMILES string of the molecule is CN=C(NCCc1c(C)noc1C)N1CCC(O)CC1. The number of aromatic nitrogens is 1. The number of nitrogens with one attached hydrogen (secondary N) is 1. The van der Waals surface area contributed by atoms with Gasteiger partial charge in [-0.3, -0.25) is 4.99 Å². The van der Waals surface area contributed by atoms with Gasteiger partial charge in [0.05, 0.1) is 11.8 Å². The summed E-state index contributed by atoms with van der Waals surface area (Å²) in [4.78, 5) is 6.51. The summed E-state index contributed by atoms with van der Waals surface area (Å²) in [7, 11) is 1.79. The van der Waals surface area contributed by atoms with Gasteiger partial charge in [0.2, 0.25) is 0 Å². The van der Waals surface area contributed by atoms with Gasteiger partial charge in [-0.2, -0.15) is 0 Å². The predicted molar refractivity (Wildman–Crippen MR) is 77.9 cm³/mol. The molecule has 0 unspecified atom stereocenters. The fraction of sp³-hybridized carbons (Fsp3) is 0.714. The van der Waals surface area contributed by atoms with Gasteiger partial charge in [0, 0.05) is 32.2 Å². The molecule has 1 fully saturated rings. The van der Waals surface area contributed by atoms with Crippen molar-refractivity contribution in [3.8, 4) is 0 Å². The number of piperidine rings is 1. The summed E-state index contributed by atoms with van der Waals surface area (Å²) in [5.74, 6) is 1.80. The molecule has 0 spiro atoms. The fourth-order valence-electron chi connectivity index (χ4n) is 2.57. The Balaban J connectivity index is 1.83. The van der Waals surface area contributed by atoms with Gasteiger partial charge in [0.25, 0.3) is 0 Å². The lowest BCUT2D eigenvalue weighted by atomic mass is 10.1.